The topological polar surface area (TPSA) is 49.3 Å². The monoisotopic (exact) mass is 267 g/mol. The molecule has 110 valence electrons. The average molecular weight is 267 g/mol. The van der Waals surface area contributed by atoms with Gasteiger partial charge >= 0.3 is 0 Å². The van der Waals surface area contributed by atoms with Crippen LogP contribution in [0.3, 0.4) is 0 Å². The molecule has 0 spiro atoms. The van der Waals surface area contributed by atoms with E-state index in [1.165, 1.54) is 19.3 Å². The molecule has 0 aromatic carbocycles. The molecule has 0 aromatic heterocycles. The van der Waals surface area contributed by atoms with Crippen molar-refractivity contribution in [1.29, 1.82) is 0 Å². The number of rotatable bonds is 3. The molecule has 2 aliphatic carbocycles. The van der Waals surface area contributed by atoms with Crippen molar-refractivity contribution in [3.63, 3.8) is 0 Å². The summed E-state index contributed by atoms with van der Waals surface area (Å²) in [6, 6.07) is 0. The van der Waals surface area contributed by atoms with E-state index >= 15 is 0 Å². The fourth-order valence-electron chi connectivity index (χ4n) is 3.71. The molecule has 2 unspecified atom stereocenters. The molecule has 0 saturated heterocycles. The van der Waals surface area contributed by atoms with Crippen molar-refractivity contribution in [2.45, 2.75) is 70.8 Å². The molecule has 2 aliphatic rings. The molecule has 2 rings (SSSR count). The van der Waals surface area contributed by atoms with Crippen molar-refractivity contribution < 1.29 is 9.90 Å². The van der Waals surface area contributed by atoms with Crippen molar-refractivity contribution in [2.75, 3.05) is 6.54 Å². The fourth-order valence-corrected chi connectivity index (χ4v) is 3.71. The van der Waals surface area contributed by atoms with E-state index in [0.29, 0.717) is 12.5 Å². The minimum atomic E-state index is -0.657. The van der Waals surface area contributed by atoms with E-state index in [-0.39, 0.29) is 11.8 Å². The number of nitrogens with one attached hydrogen (secondary N) is 1. The van der Waals surface area contributed by atoms with Gasteiger partial charge in [-0.05, 0) is 50.4 Å². The lowest BCUT2D eigenvalue weighted by atomic mass is 9.78. The van der Waals surface area contributed by atoms with E-state index in [1.54, 1.807) is 0 Å². The predicted molar refractivity (Wildman–Crippen MR) is 76.7 cm³/mol. The Labute approximate surface area is 117 Å². The maximum Gasteiger partial charge on any atom is 0.223 e. The van der Waals surface area contributed by atoms with Crippen molar-refractivity contribution in [1.82, 2.24) is 5.32 Å². The normalized spacial score (nSPS) is 39.8. The van der Waals surface area contributed by atoms with Gasteiger partial charge in [0.15, 0.2) is 0 Å². The summed E-state index contributed by atoms with van der Waals surface area (Å²) < 4.78 is 0. The lowest BCUT2D eigenvalue weighted by Crippen LogP contribution is -2.47. The first-order valence-electron chi connectivity index (χ1n) is 7.98. The molecule has 0 bridgehead atoms. The number of carbonyl (C=O) groups excluding carboxylic acids is 1. The van der Waals surface area contributed by atoms with E-state index in [2.05, 4.69) is 19.2 Å². The summed E-state index contributed by atoms with van der Waals surface area (Å²) >= 11 is 0. The Bertz CT molecular complexity index is 310. The zero-order valence-corrected chi connectivity index (χ0v) is 12.5. The third-order valence-corrected chi connectivity index (χ3v) is 5.05. The quantitative estimate of drug-likeness (QED) is 0.826. The van der Waals surface area contributed by atoms with Gasteiger partial charge in [0.2, 0.25) is 5.91 Å². The Balaban J connectivity index is 1.76. The van der Waals surface area contributed by atoms with Crippen LogP contribution < -0.4 is 5.32 Å². The molecule has 2 atom stereocenters. The minimum absolute atomic E-state index is 0.165. The number of aliphatic hydroxyl groups is 1. The van der Waals surface area contributed by atoms with E-state index in [9.17, 15) is 9.90 Å². The SMILES string of the molecule is CC1CCC(C(=O)NCC2(O)CCCC(C)C2)CC1. The summed E-state index contributed by atoms with van der Waals surface area (Å²) in [5.41, 5.74) is -0.657. The first kappa shape index (κ1) is 14.8. The summed E-state index contributed by atoms with van der Waals surface area (Å²) in [5, 5.41) is 13.5. The first-order chi connectivity index (χ1) is 8.98. The zero-order chi connectivity index (χ0) is 13.9. The third kappa shape index (κ3) is 4.20. The second-order valence-electron chi connectivity index (χ2n) is 7.10. The van der Waals surface area contributed by atoms with Crippen LogP contribution in [-0.2, 0) is 4.79 Å². The summed E-state index contributed by atoms with van der Waals surface area (Å²) in [6.45, 7) is 4.90. The van der Waals surface area contributed by atoms with Gasteiger partial charge < -0.3 is 10.4 Å². The molecule has 19 heavy (non-hydrogen) atoms. The van der Waals surface area contributed by atoms with Gasteiger partial charge in [0.25, 0.3) is 0 Å². The maximum atomic E-state index is 12.1. The Morgan fingerprint density at radius 1 is 1.16 bits per heavy atom. The highest BCUT2D eigenvalue weighted by Crippen LogP contribution is 2.32. The molecule has 0 radical (unpaired) electrons. The highest BCUT2D eigenvalue weighted by atomic mass is 16.3. The summed E-state index contributed by atoms with van der Waals surface area (Å²) in [7, 11) is 0. The molecule has 0 aromatic rings. The van der Waals surface area contributed by atoms with Crippen molar-refractivity contribution >= 4 is 5.91 Å². The van der Waals surface area contributed by atoms with Gasteiger partial charge in [-0.1, -0.05) is 26.7 Å². The summed E-state index contributed by atoms with van der Waals surface area (Å²) in [6.07, 6.45) is 8.31. The van der Waals surface area contributed by atoms with Crippen LogP contribution in [0.2, 0.25) is 0 Å². The van der Waals surface area contributed by atoms with Crippen LogP contribution in [0.4, 0.5) is 0 Å². The van der Waals surface area contributed by atoms with E-state index < -0.39 is 5.60 Å². The van der Waals surface area contributed by atoms with Crippen molar-refractivity contribution in [3.8, 4) is 0 Å². The third-order valence-electron chi connectivity index (χ3n) is 5.05. The van der Waals surface area contributed by atoms with Gasteiger partial charge in [0.05, 0.1) is 5.60 Å². The summed E-state index contributed by atoms with van der Waals surface area (Å²) in [5.74, 6) is 1.69. The standard InChI is InChI=1S/C16H29NO2/c1-12-5-7-14(8-6-12)15(18)17-11-16(19)9-3-4-13(2)10-16/h12-14,19H,3-11H2,1-2H3,(H,17,18). The largest absolute Gasteiger partial charge is 0.388 e. The Hall–Kier alpha value is -0.570. The Morgan fingerprint density at radius 3 is 2.47 bits per heavy atom. The molecule has 3 heteroatoms. The molecule has 2 N–H and O–H groups in total. The van der Waals surface area contributed by atoms with Gasteiger partial charge in [-0.25, -0.2) is 0 Å². The van der Waals surface area contributed by atoms with Crippen LogP contribution in [0.1, 0.15) is 65.2 Å². The van der Waals surface area contributed by atoms with Crippen LogP contribution in [0.25, 0.3) is 0 Å². The number of amides is 1. The molecule has 2 fully saturated rings. The van der Waals surface area contributed by atoms with Gasteiger partial charge in [0, 0.05) is 12.5 Å². The number of carbonyl (C=O) groups is 1. The van der Waals surface area contributed by atoms with Gasteiger partial charge in [-0.2, -0.15) is 0 Å². The van der Waals surface area contributed by atoms with Crippen LogP contribution in [-0.4, -0.2) is 23.2 Å². The van der Waals surface area contributed by atoms with Crippen LogP contribution in [0.5, 0.6) is 0 Å². The molecule has 2 saturated carbocycles. The second-order valence-corrected chi connectivity index (χ2v) is 7.10. The highest BCUT2D eigenvalue weighted by molar-refractivity contribution is 5.78. The lowest BCUT2D eigenvalue weighted by molar-refractivity contribution is -0.128. The Kier molecular flexibility index (Phi) is 4.88. The second kappa shape index (κ2) is 6.25. The van der Waals surface area contributed by atoms with Crippen LogP contribution in [0, 0.1) is 17.8 Å². The smallest absolute Gasteiger partial charge is 0.223 e. The van der Waals surface area contributed by atoms with Crippen molar-refractivity contribution in [3.05, 3.63) is 0 Å². The average Bonchev–Trinajstić information content (AvgIpc) is 2.37. The van der Waals surface area contributed by atoms with Gasteiger partial charge in [-0.15, -0.1) is 0 Å². The molecular formula is C16H29NO2. The van der Waals surface area contributed by atoms with E-state index in [0.717, 1.165) is 38.0 Å². The predicted octanol–water partition coefficient (Wildman–Crippen LogP) is 2.87. The Morgan fingerprint density at radius 2 is 1.84 bits per heavy atom. The van der Waals surface area contributed by atoms with Gasteiger partial charge in [0.1, 0.15) is 0 Å². The van der Waals surface area contributed by atoms with Crippen LogP contribution >= 0.6 is 0 Å². The molecule has 0 heterocycles. The molecule has 1 amide bonds. The van der Waals surface area contributed by atoms with Crippen molar-refractivity contribution in [2.24, 2.45) is 17.8 Å². The van der Waals surface area contributed by atoms with Crippen LogP contribution in [0.15, 0.2) is 0 Å². The molecular weight excluding hydrogens is 238 g/mol. The van der Waals surface area contributed by atoms with E-state index in [4.69, 9.17) is 0 Å². The minimum Gasteiger partial charge on any atom is -0.388 e. The highest BCUT2D eigenvalue weighted by Gasteiger charge is 2.33. The maximum absolute atomic E-state index is 12.1. The lowest BCUT2D eigenvalue weighted by Gasteiger charge is -2.36. The molecule has 3 nitrogen and oxygen atoms in total. The number of hydrogen-bond donors (Lipinski definition) is 2. The first-order valence-corrected chi connectivity index (χ1v) is 7.98. The fraction of sp³-hybridized carbons (Fsp3) is 0.938. The zero-order valence-electron chi connectivity index (χ0n) is 12.5. The van der Waals surface area contributed by atoms with E-state index in [1.807, 2.05) is 0 Å². The number of hydrogen-bond acceptors (Lipinski definition) is 2. The molecule has 0 aliphatic heterocycles. The summed E-state index contributed by atoms with van der Waals surface area (Å²) in [4.78, 5) is 12.1. The van der Waals surface area contributed by atoms with Gasteiger partial charge in [-0.3, -0.25) is 4.79 Å².